The van der Waals surface area contributed by atoms with Gasteiger partial charge in [0, 0.05) is 29.6 Å². The Labute approximate surface area is 108 Å². The maximum atomic E-state index is 12.6. The average Bonchev–Trinajstić information content (AvgIpc) is 2.32. The van der Waals surface area contributed by atoms with Crippen LogP contribution in [0.3, 0.4) is 0 Å². The van der Waals surface area contributed by atoms with Crippen molar-refractivity contribution < 1.29 is 4.79 Å². The van der Waals surface area contributed by atoms with Gasteiger partial charge < -0.3 is 10.6 Å². The van der Waals surface area contributed by atoms with E-state index in [0.29, 0.717) is 17.2 Å². The fourth-order valence-corrected chi connectivity index (χ4v) is 4.02. The molecule has 98 valence electrons. The molecule has 0 spiro atoms. The fourth-order valence-electron chi connectivity index (χ4n) is 2.92. The minimum Gasteiger partial charge on any atom is -0.338 e. The van der Waals surface area contributed by atoms with E-state index >= 15 is 0 Å². The average molecular weight is 256 g/mol. The second-order valence-electron chi connectivity index (χ2n) is 5.40. The van der Waals surface area contributed by atoms with E-state index in [1.807, 2.05) is 11.8 Å². The molecule has 2 rings (SSSR count). The molecule has 2 fully saturated rings. The van der Waals surface area contributed by atoms with Crippen LogP contribution >= 0.6 is 11.8 Å². The summed E-state index contributed by atoms with van der Waals surface area (Å²) in [6, 6.07) is 0.448. The molecule has 1 saturated carbocycles. The van der Waals surface area contributed by atoms with E-state index in [4.69, 9.17) is 5.73 Å². The van der Waals surface area contributed by atoms with Crippen LogP contribution in [0.4, 0.5) is 0 Å². The summed E-state index contributed by atoms with van der Waals surface area (Å²) >= 11 is 1.97. The lowest BCUT2D eigenvalue weighted by Gasteiger charge is -2.41. The third-order valence-electron chi connectivity index (χ3n) is 4.30. The number of hydrogen-bond donors (Lipinski definition) is 1. The molecule has 3 nitrogen and oxygen atoms in total. The maximum absolute atomic E-state index is 12.6. The highest BCUT2D eigenvalue weighted by atomic mass is 32.2. The summed E-state index contributed by atoms with van der Waals surface area (Å²) in [6.07, 6.45) is 4.36. The van der Waals surface area contributed by atoms with Gasteiger partial charge in [0.25, 0.3) is 0 Å². The van der Waals surface area contributed by atoms with E-state index in [1.165, 1.54) is 6.42 Å². The predicted octanol–water partition coefficient (Wildman–Crippen LogP) is 1.86. The number of nitrogens with zero attached hydrogens (tertiary/aromatic N) is 1. The second kappa shape index (κ2) is 5.61. The molecule has 1 aliphatic carbocycles. The smallest absolute Gasteiger partial charge is 0.227 e. The molecule has 17 heavy (non-hydrogen) atoms. The van der Waals surface area contributed by atoms with Gasteiger partial charge in [-0.25, -0.2) is 0 Å². The van der Waals surface area contributed by atoms with E-state index in [1.54, 1.807) is 0 Å². The molecular formula is C13H24N2OS. The van der Waals surface area contributed by atoms with Crippen LogP contribution in [0.5, 0.6) is 0 Å². The number of nitrogens with two attached hydrogens (primary N) is 1. The summed E-state index contributed by atoms with van der Waals surface area (Å²) in [6.45, 7) is 5.29. The first-order valence-electron chi connectivity index (χ1n) is 6.79. The Morgan fingerprint density at radius 3 is 2.71 bits per heavy atom. The lowest BCUT2D eigenvalue weighted by molar-refractivity contribution is -0.139. The molecule has 2 N–H and O–H groups in total. The van der Waals surface area contributed by atoms with E-state index in [-0.39, 0.29) is 12.0 Å². The summed E-state index contributed by atoms with van der Waals surface area (Å²) in [7, 11) is 0. The molecule has 1 amide bonds. The van der Waals surface area contributed by atoms with Gasteiger partial charge in [-0.1, -0.05) is 19.8 Å². The molecular weight excluding hydrogens is 232 g/mol. The fraction of sp³-hybridized carbons (Fsp3) is 0.923. The Kier molecular flexibility index (Phi) is 4.36. The van der Waals surface area contributed by atoms with Crippen molar-refractivity contribution in [2.75, 3.05) is 12.3 Å². The molecule has 0 radical (unpaired) electrons. The normalized spacial score (nSPS) is 39.1. The molecule has 1 saturated heterocycles. The molecule has 1 heterocycles. The van der Waals surface area contributed by atoms with Crippen molar-refractivity contribution in [3.05, 3.63) is 0 Å². The molecule has 4 heteroatoms. The molecule has 1 aliphatic heterocycles. The molecule has 0 aromatic heterocycles. The Hall–Kier alpha value is -0.220. The van der Waals surface area contributed by atoms with Crippen LogP contribution in [0.25, 0.3) is 0 Å². The molecule has 0 bridgehead atoms. The summed E-state index contributed by atoms with van der Waals surface area (Å²) in [5.74, 6) is 1.47. The van der Waals surface area contributed by atoms with Gasteiger partial charge in [0.05, 0.1) is 5.92 Å². The third-order valence-corrected chi connectivity index (χ3v) is 5.64. The van der Waals surface area contributed by atoms with Gasteiger partial charge in [0.2, 0.25) is 5.91 Å². The second-order valence-corrected chi connectivity index (χ2v) is 6.89. The van der Waals surface area contributed by atoms with E-state index in [0.717, 1.165) is 31.6 Å². The largest absolute Gasteiger partial charge is 0.338 e. The van der Waals surface area contributed by atoms with Crippen LogP contribution in [-0.2, 0) is 4.79 Å². The quantitative estimate of drug-likeness (QED) is 0.779. The van der Waals surface area contributed by atoms with Gasteiger partial charge in [-0.15, -0.1) is 0 Å². The predicted molar refractivity (Wildman–Crippen MR) is 73.0 cm³/mol. The first kappa shape index (κ1) is 13.2. The monoisotopic (exact) mass is 256 g/mol. The zero-order valence-electron chi connectivity index (χ0n) is 10.9. The van der Waals surface area contributed by atoms with Crippen LogP contribution in [-0.4, -0.2) is 40.4 Å². The first-order valence-corrected chi connectivity index (χ1v) is 7.84. The Bertz CT molecular complexity index is 285. The zero-order chi connectivity index (χ0) is 12.4. The summed E-state index contributed by atoms with van der Waals surface area (Å²) in [5.41, 5.74) is 6.11. The topological polar surface area (TPSA) is 46.3 Å². The van der Waals surface area contributed by atoms with Gasteiger partial charge >= 0.3 is 0 Å². The molecule has 0 aromatic carbocycles. The number of rotatable bonds is 1. The highest BCUT2D eigenvalue weighted by Crippen LogP contribution is 2.29. The zero-order valence-corrected chi connectivity index (χ0v) is 11.7. The summed E-state index contributed by atoms with van der Waals surface area (Å²) in [5, 5.41) is 0.549. The van der Waals surface area contributed by atoms with Crippen LogP contribution in [0.2, 0.25) is 0 Å². The highest BCUT2D eigenvalue weighted by molar-refractivity contribution is 8.00. The Morgan fingerprint density at radius 2 is 2.00 bits per heavy atom. The van der Waals surface area contributed by atoms with Gasteiger partial charge in [0.1, 0.15) is 0 Å². The standard InChI is InChI=1S/C13H24N2OS/c1-9-10(2)17-8-7-15(9)13(16)11-5-3-4-6-12(11)14/h9-12H,3-8,14H2,1-2H3. The number of amides is 1. The molecule has 4 atom stereocenters. The first-order chi connectivity index (χ1) is 8.11. The van der Waals surface area contributed by atoms with Crippen molar-refractivity contribution in [1.29, 1.82) is 0 Å². The molecule has 4 unspecified atom stereocenters. The van der Waals surface area contributed by atoms with E-state index in [2.05, 4.69) is 18.7 Å². The van der Waals surface area contributed by atoms with E-state index in [9.17, 15) is 4.79 Å². The van der Waals surface area contributed by atoms with Gasteiger partial charge in [-0.2, -0.15) is 11.8 Å². The SMILES string of the molecule is CC1SCCN(C(=O)C2CCCCC2N)C1C. The van der Waals surface area contributed by atoms with Crippen molar-refractivity contribution in [3.63, 3.8) is 0 Å². The van der Waals surface area contributed by atoms with Crippen LogP contribution < -0.4 is 5.73 Å². The highest BCUT2D eigenvalue weighted by Gasteiger charge is 2.36. The minimum atomic E-state index is 0.0847. The van der Waals surface area contributed by atoms with Gasteiger partial charge in [0.15, 0.2) is 0 Å². The van der Waals surface area contributed by atoms with Crippen LogP contribution in [0.1, 0.15) is 39.5 Å². The molecule has 2 aliphatic rings. The van der Waals surface area contributed by atoms with Crippen molar-refractivity contribution in [1.82, 2.24) is 4.90 Å². The Morgan fingerprint density at radius 1 is 1.29 bits per heavy atom. The number of thioether (sulfide) groups is 1. The minimum absolute atomic E-state index is 0.0847. The van der Waals surface area contributed by atoms with Crippen molar-refractivity contribution in [2.24, 2.45) is 11.7 Å². The number of hydrogen-bond acceptors (Lipinski definition) is 3. The van der Waals surface area contributed by atoms with Crippen LogP contribution in [0, 0.1) is 5.92 Å². The molecule has 0 aromatic rings. The van der Waals surface area contributed by atoms with Gasteiger partial charge in [-0.3, -0.25) is 4.79 Å². The van der Waals surface area contributed by atoms with Crippen molar-refractivity contribution >= 4 is 17.7 Å². The lowest BCUT2D eigenvalue weighted by Crippen LogP contribution is -2.53. The Balaban J connectivity index is 2.02. The summed E-state index contributed by atoms with van der Waals surface area (Å²) in [4.78, 5) is 14.6. The lowest BCUT2D eigenvalue weighted by atomic mass is 9.84. The van der Waals surface area contributed by atoms with Crippen molar-refractivity contribution in [3.8, 4) is 0 Å². The van der Waals surface area contributed by atoms with E-state index < -0.39 is 0 Å². The van der Waals surface area contributed by atoms with Crippen LogP contribution in [0.15, 0.2) is 0 Å². The summed E-state index contributed by atoms with van der Waals surface area (Å²) < 4.78 is 0. The third kappa shape index (κ3) is 2.79. The van der Waals surface area contributed by atoms with Crippen molar-refractivity contribution in [2.45, 2.75) is 56.9 Å². The number of carbonyl (C=O) groups excluding carboxylic acids is 1. The number of carbonyl (C=O) groups is 1. The maximum Gasteiger partial charge on any atom is 0.227 e. The van der Waals surface area contributed by atoms with Gasteiger partial charge in [-0.05, 0) is 19.8 Å².